The van der Waals surface area contributed by atoms with Crippen molar-refractivity contribution in [2.24, 2.45) is 22.7 Å². The van der Waals surface area contributed by atoms with Gasteiger partial charge in [0.15, 0.2) is 11.6 Å². The summed E-state index contributed by atoms with van der Waals surface area (Å²) in [5.41, 5.74) is -2.94. The molecule has 0 fully saturated rings. The van der Waals surface area contributed by atoms with Crippen LogP contribution in [0.3, 0.4) is 0 Å². The Morgan fingerprint density at radius 3 is 0.966 bits per heavy atom. The molecule has 0 aliphatic rings. The van der Waals surface area contributed by atoms with Crippen LogP contribution in [-0.4, -0.2) is 45.3 Å². The maximum atomic E-state index is 11.4. The van der Waals surface area contributed by atoms with E-state index in [1.807, 2.05) is 0 Å². The van der Waals surface area contributed by atoms with Crippen molar-refractivity contribution >= 4 is 35.1 Å². The molecule has 1 radical (unpaired) electrons. The molecule has 29 heavy (non-hydrogen) atoms. The predicted octanol–water partition coefficient (Wildman–Crippen LogP) is 2.56. The third-order valence-corrected chi connectivity index (χ3v) is 4.42. The second-order valence-electron chi connectivity index (χ2n) is 8.30. The van der Waals surface area contributed by atoms with Gasteiger partial charge in [-0.2, -0.15) is 0 Å². The number of carboxylic acid groups (broad SMARTS) is 2. The van der Waals surface area contributed by atoms with Gasteiger partial charge in [-0.15, -0.1) is 0 Å². The molecule has 9 heteroatoms. The molecule has 8 nitrogen and oxygen atoms in total. The third kappa shape index (κ3) is 10.5. The summed E-state index contributed by atoms with van der Waals surface area (Å²) in [4.78, 5) is 66.6. The van der Waals surface area contributed by atoms with Crippen molar-refractivity contribution < 1.29 is 56.0 Å². The smallest absolute Gasteiger partial charge is 0.316 e. The molecule has 0 heterocycles. The van der Waals surface area contributed by atoms with Gasteiger partial charge in [-0.3, -0.25) is 28.8 Å². The number of ketones is 4. The Labute approximate surface area is 182 Å². The van der Waals surface area contributed by atoms with Crippen LogP contribution in [0.5, 0.6) is 0 Å². The predicted molar refractivity (Wildman–Crippen MR) is 102 cm³/mol. The zero-order valence-electron chi connectivity index (χ0n) is 18.2. The fourth-order valence-corrected chi connectivity index (χ4v) is 1.41. The summed E-state index contributed by atoms with van der Waals surface area (Å²) in [5, 5.41) is 17.5. The van der Waals surface area contributed by atoms with E-state index in [9.17, 15) is 28.8 Å². The number of Topliss-reactive ketones (excluding diaryl/α,β-unsaturated/α-hetero) is 4. The van der Waals surface area contributed by atoms with Crippen LogP contribution < -0.4 is 0 Å². The zero-order chi connectivity index (χ0) is 23.0. The standard InChI is InChI=1S/2C10H16O4.Cu/c2*1-6(2)7(11)5-8(12)10(3,4)9(13)14;/h2*6H,5H2,1-4H3,(H,13,14);. The van der Waals surface area contributed by atoms with E-state index < -0.39 is 34.3 Å². The van der Waals surface area contributed by atoms with Gasteiger partial charge in [0.05, 0.1) is 12.8 Å². The molecule has 0 aliphatic carbocycles. The Balaban J connectivity index is -0.000000451. The minimum absolute atomic E-state index is 0. The normalized spacial score (nSPS) is 11.1. The number of hydrogen-bond acceptors (Lipinski definition) is 6. The van der Waals surface area contributed by atoms with E-state index in [0.717, 1.165) is 0 Å². The molecule has 0 aromatic heterocycles. The van der Waals surface area contributed by atoms with Gasteiger partial charge in [0.2, 0.25) is 0 Å². The van der Waals surface area contributed by atoms with Crippen molar-refractivity contribution in [2.75, 3.05) is 0 Å². The van der Waals surface area contributed by atoms with E-state index >= 15 is 0 Å². The molecular weight excluding hydrogens is 432 g/mol. The van der Waals surface area contributed by atoms with Crippen LogP contribution in [0.1, 0.15) is 68.2 Å². The molecule has 171 valence electrons. The van der Waals surface area contributed by atoms with Crippen LogP contribution in [-0.2, 0) is 45.8 Å². The first kappa shape index (κ1) is 31.8. The van der Waals surface area contributed by atoms with Crippen molar-refractivity contribution in [1.82, 2.24) is 0 Å². The molecule has 0 saturated carbocycles. The third-order valence-electron chi connectivity index (χ3n) is 4.42. The molecule has 0 bridgehead atoms. The quantitative estimate of drug-likeness (QED) is 0.371. The molecule has 2 N–H and O–H groups in total. The number of aliphatic carboxylic acids is 2. The number of rotatable bonds is 10. The molecule has 0 saturated heterocycles. The fourth-order valence-electron chi connectivity index (χ4n) is 1.41. The Bertz CT molecular complexity index is 589. The summed E-state index contributed by atoms with van der Waals surface area (Å²) in [6.45, 7) is 12.0. The summed E-state index contributed by atoms with van der Waals surface area (Å²) in [6, 6.07) is 0. The molecule has 0 spiro atoms. The fraction of sp³-hybridized carbons (Fsp3) is 0.700. The second-order valence-corrected chi connectivity index (χ2v) is 8.30. The van der Waals surface area contributed by atoms with Gasteiger partial charge in [0.1, 0.15) is 22.4 Å². The van der Waals surface area contributed by atoms with Crippen LogP contribution in [0.2, 0.25) is 0 Å². The van der Waals surface area contributed by atoms with Crippen molar-refractivity contribution in [1.29, 1.82) is 0 Å². The van der Waals surface area contributed by atoms with E-state index in [2.05, 4.69) is 0 Å². The van der Waals surface area contributed by atoms with Crippen molar-refractivity contribution in [3.63, 3.8) is 0 Å². The molecule has 0 rings (SSSR count). The van der Waals surface area contributed by atoms with Gasteiger partial charge in [-0.25, -0.2) is 0 Å². The molecule has 0 aromatic rings. The largest absolute Gasteiger partial charge is 0.481 e. The Morgan fingerprint density at radius 1 is 0.621 bits per heavy atom. The first-order valence-corrected chi connectivity index (χ1v) is 8.97. The van der Waals surface area contributed by atoms with Crippen molar-refractivity contribution in [2.45, 2.75) is 68.2 Å². The number of carboxylic acids is 2. The zero-order valence-corrected chi connectivity index (χ0v) is 19.2. The maximum absolute atomic E-state index is 11.4. The molecular formula is C20H32CuO8. The maximum Gasteiger partial charge on any atom is 0.316 e. The minimum atomic E-state index is -1.47. The van der Waals surface area contributed by atoms with Crippen LogP contribution in [0.25, 0.3) is 0 Å². The summed E-state index contributed by atoms with van der Waals surface area (Å²) in [6.07, 6.45) is -0.589. The molecule has 0 atom stereocenters. The Kier molecular flexibility index (Phi) is 13.9. The topological polar surface area (TPSA) is 143 Å². The van der Waals surface area contributed by atoms with Crippen LogP contribution in [0, 0.1) is 22.7 Å². The van der Waals surface area contributed by atoms with Gasteiger partial charge in [-0.05, 0) is 27.7 Å². The number of carbonyl (C=O) groups is 6. The minimum Gasteiger partial charge on any atom is -0.481 e. The monoisotopic (exact) mass is 463 g/mol. The van der Waals surface area contributed by atoms with Crippen LogP contribution in [0.4, 0.5) is 0 Å². The summed E-state index contributed by atoms with van der Waals surface area (Å²) in [7, 11) is 0. The van der Waals surface area contributed by atoms with Gasteiger partial charge in [-0.1, -0.05) is 27.7 Å². The van der Waals surface area contributed by atoms with Crippen molar-refractivity contribution in [3.05, 3.63) is 0 Å². The number of hydrogen-bond donors (Lipinski definition) is 2. The molecule has 0 aromatic carbocycles. The van der Waals surface area contributed by atoms with Gasteiger partial charge in [0, 0.05) is 28.9 Å². The summed E-state index contributed by atoms with van der Waals surface area (Å²) in [5.74, 6) is -4.37. The van der Waals surface area contributed by atoms with E-state index in [1.165, 1.54) is 27.7 Å². The van der Waals surface area contributed by atoms with Gasteiger partial charge < -0.3 is 10.2 Å². The van der Waals surface area contributed by atoms with E-state index in [1.54, 1.807) is 27.7 Å². The first-order chi connectivity index (χ1) is 12.4. The summed E-state index contributed by atoms with van der Waals surface area (Å²) >= 11 is 0. The van der Waals surface area contributed by atoms with E-state index in [4.69, 9.17) is 10.2 Å². The van der Waals surface area contributed by atoms with Crippen LogP contribution in [0.15, 0.2) is 0 Å². The Hall–Kier alpha value is -1.86. The SMILES string of the molecule is CC(C)C(=O)CC(=O)C(C)(C)C(=O)O.CC(C)C(=O)CC(=O)C(C)(C)C(=O)O.[Cu]. The van der Waals surface area contributed by atoms with Crippen LogP contribution >= 0.6 is 0 Å². The average molecular weight is 464 g/mol. The van der Waals surface area contributed by atoms with E-state index in [0.29, 0.717) is 0 Å². The van der Waals surface area contributed by atoms with E-state index in [-0.39, 0.29) is 53.3 Å². The molecule has 0 aliphatic heterocycles. The number of carbonyl (C=O) groups excluding carboxylic acids is 4. The van der Waals surface area contributed by atoms with Gasteiger partial charge in [0.25, 0.3) is 0 Å². The Morgan fingerprint density at radius 2 is 0.828 bits per heavy atom. The van der Waals surface area contributed by atoms with Gasteiger partial charge >= 0.3 is 11.9 Å². The average Bonchev–Trinajstić information content (AvgIpc) is 2.54. The van der Waals surface area contributed by atoms with Crippen molar-refractivity contribution in [3.8, 4) is 0 Å². The molecule has 0 amide bonds. The summed E-state index contributed by atoms with van der Waals surface area (Å²) < 4.78 is 0. The second kappa shape index (κ2) is 12.6. The molecule has 0 unspecified atom stereocenters. The first-order valence-electron chi connectivity index (χ1n) is 8.97.